The molecule has 0 saturated carbocycles. The molecule has 4 aliphatic rings. The predicted octanol–water partition coefficient (Wildman–Crippen LogP) is 4.84. The highest BCUT2D eigenvalue weighted by molar-refractivity contribution is 6.13. The topological polar surface area (TPSA) is 57.9 Å². The number of hydrogen-bond acceptors (Lipinski definition) is 6. The van der Waals surface area contributed by atoms with Crippen LogP contribution >= 0.6 is 0 Å². The molecule has 0 aromatic heterocycles. The molecular formula is C28H28F2N6. The van der Waals surface area contributed by atoms with Crippen molar-refractivity contribution in [1.29, 1.82) is 5.26 Å². The highest BCUT2D eigenvalue weighted by Crippen LogP contribution is 2.37. The fourth-order valence-electron chi connectivity index (χ4n) is 5.60. The minimum absolute atomic E-state index is 0.0320. The summed E-state index contributed by atoms with van der Waals surface area (Å²) in [6.07, 6.45) is 9.17. The number of halogens is 2. The monoisotopic (exact) mass is 486 g/mol. The summed E-state index contributed by atoms with van der Waals surface area (Å²) in [7, 11) is 0. The van der Waals surface area contributed by atoms with Crippen molar-refractivity contribution >= 4 is 17.2 Å². The number of allylic oxidation sites excluding steroid dienone is 1. The molecule has 0 radical (unpaired) electrons. The zero-order chi connectivity index (χ0) is 24.6. The van der Waals surface area contributed by atoms with Gasteiger partial charge in [0.1, 0.15) is 29.2 Å². The van der Waals surface area contributed by atoms with Gasteiger partial charge in [0, 0.05) is 43.6 Å². The summed E-state index contributed by atoms with van der Waals surface area (Å²) in [6.45, 7) is 3.76. The smallest absolute Gasteiger partial charge is 0.150 e. The standard InChI is InChI=1S/C28H28F2N6/c29-22-16-19(6-7-20(22)18-31)27-33-26-25(35-14-2-1-3-15-35)10-11-32-28(26)36(27)24-9-8-21(17-23(24)30)34-12-4-5-13-34/h6-11,16-17,28,32H,1-5,12-15H2. The first-order valence-corrected chi connectivity index (χ1v) is 12.7. The third-order valence-electron chi connectivity index (χ3n) is 7.44. The zero-order valence-electron chi connectivity index (χ0n) is 20.1. The van der Waals surface area contributed by atoms with Crippen LogP contribution in [0.1, 0.15) is 43.2 Å². The van der Waals surface area contributed by atoms with Gasteiger partial charge in [-0.2, -0.15) is 5.26 Å². The van der Waals surface area contributed by atoms with Crippen LogP contribution in [0.15, 0.2) is 65.1 Å². The number of likely N-dealkylation sites (tertiary alicyclic amines) is 1. The Balaban J connectivity index is 1.46. The van der Waals surface area contributed by atoms with Crippen molar-refractivity contribution < 1.29 is 8.78 Å². The van der Waals surface area contributed by atoms with Crippen LogP contribution in [-0.2, 0) is 0 Å². The van der Waals surface area contributed by atoms with Crippen LogP contribution in [0.5, 0.6) is 0 Å². The van der Waals surface area contributed by atoms with Gasteiger partial charge in [-0.05, 0) is 74.6 Å². The van der Waals surface area contributed by atoms with Crippen molar-refractivity contribution in [3.63, 3.8) is 0 Å². The van der Waals surface area contributed by atoms with Gasteiger partial charge in [-0.15, -0.1) is 0 Å². The largest absolute Gasteiger partial charge is 0.371 e. The van der Waals surface area contributed by atoms with Gasteiger partial charge in [-0.1, -0.05) is 0 Å². The molecule has 2 aromatic rings. The fraction of sp³-hybridized carbons (Fsp3) is 0.357. The highest BCUT2D eigenvalue weighted by atomic mass is 19.1. The quantitative estimate of drug-likeness (QED) is 0.670. The summed E-state index contributed by atoms with van der Waals surface area (Å²) in [5, 5.41) is 12.5. The molecule has 184 valence electrons. The number of anilines is 2. The van der Waals surface area contributed by atoms with E-state index in [0.29, 0.717) is 17.1 Å². The molecule has 2 saturated heterocycles. The van der Waals surface area contributed by atoms with Gasteiger partial charge in [-0.3, -0.25) is 4.90 Å². The number of dihydropyridines is 1. The molecule has 2 fully saturated rings. The number of fused-ring (bicyclic) bond motifs is 1. The molecule has 1 N–H and O–H groups in total. The lowest BCUT2D eigenvalue weighted by Crippen LogP contribution is -2.47. The maximum absolute atomic E-state index is 15.7. The Hall–Kier alpha value is -3.86. The van der Waals surface area contributed by atoms with E-state index in [0.717, 1.165) is 68.9 Å². The van der Waals surface area contributed by atoms with Crippen LogP contribution in [0.4, 0.5) is 20.2 Å². The van der Waals surface area contributed by atoms with E-state index in [-0.39, 0.29) is 11.4 Å². The number of aliphatic imine (C=N–C) groups is 1. The number of nitriles is 1. The van der Waals surface area contributed by atoms with E-state index in [1.807, 2.05) is 29.3 Å². The minimum Gasteiger partial charge on any atom is -0.371 e. The molecule has 0 aliphatic carbocycles. The third kappa shape index (κ3) is 3.89. The molecule has 36 heavy (non-hydrogen) atoms. The lowest BCUT2D eigenvalue weighted by molar-refractivity contribution is 0.287. The van der Waals surface area contributed by atoms with Crippen LogP contribution in [0.2, 0.25) is 0 Å². The van der Waals surface area contributed by atoms with Crippen molar-refractivity contribution in [3.05, 3.63) is 82.8 Å². The molecule has 8 heteroatoms. The number of hydrogen-bond donors (Lipinski definition) is 1. The van der Waals surface area contributed by atoms with Crippen LogP contribution in [-0.4, -0.2) is 43.1 Å². The first kappa shape index (κ1) is 22.6. The summed E-state index contributed by atoms with van der Waals surface area (Å²) in [5.41, 5.74) is 3.52. The normalized spacial score (nSPS) is 21.4. The maximum atomic E-state index is 15.7. The van der Waals surface area contributed by atoms with Crippen molar-refractivity contribution in [2.75, 3.05) is 36.0 Å². The second-order valence-corrected chi connectivity index (χ2v) is 9.66. The van der Waals surface area contributed by atoms with E-state index in [1.165, 1.54) is 18.6 Å². The van der Waals surface area contributed by atoms with Gasteiger partial charge in [0.15, 0.2) is 6.17 Å². The molecule has 4 heterocycles. The zero-order valence-corrected chi connectivity index (χ0v) is 20.1. The minimum atomic E-state index is -0.617. The number of rotatable bonds is 4. The van der Waals surface area contributed by atoms with Crippen LogP contribution in [0.3, 0.4) is 0 Å². The molecule has 2 aromatic carbocycles. The SMILES string of the molecule is N#Cc1ccc(C2=NC3=C(N4CCCCC4)C=CNC3N2c2ccc(N3CCCC3)cc2F)cc1F. The Morgan fingerprint density at radius 2 is 1.64 bits per heavy atom. The van der Waals surface area contributed by atoms with Crippen LogP contribution < -0.4 is 15.1 Å². The molecule has 0 spiro atoms. The second kappa shape index (κ2) is 9.30. The third-order valence-corrected chi connectivity index (χ3v) is 7.44. The molecule has 1 unspecified atom stereocenters. The lowest BCUT2D eigenvalue weighted by Gasteiger charge is -2.35. The van der Waals surface area contributed by atoms with Gasteiger partial charge in [0.2, 0.25) is 0 Å². The highest BCUT2D eigenvalue weighted by Gasteiger charge is 2.39. The Morgan fingerprint density at radius 3 is 2.36 bits per heavy atom. The predicted molar refractivity (Wildman–Crippen MR) is 136 cm³/mol. The Bertz CT molecular complexity index is 1310. The van der Waals surface area contributed by atoms with Gasteiger partial charge >= 0.3 is 0 Å². The van der Waals surface area contributed by atoms with Gasteiger partial charge in [-0.25, -0.2) is 13.8 Å². The van der Waals surface area contributed by atoms with Crippen molar-refractivity contribution in [1.82, 2.24) is 10.2 Å². The molecule has 4 aliphatic heterocycles. The fourth-order valence-corrected chi connectivity index (χ4v) is 5.60. The van der Waals surface area contributed by atoms with Gasteiger partial charge < -0.3 is 15.1 Å². The molecular weight excluding hydrogens is 458 g/mol. The first-order valence-electron chi connectivity index (χ1n) is 12.7. The summed E-state index contributed by atoms with van der Waals surface area (Å²) in [5.74, 6) is -0.510. The van der Waals surface area contributed by atoms with Crippen molar-refractivity contribution in [2.24, 2.45) is 4.99 Å². The maximum Gasteiger partial charge on any atom is 0.150 e. The summed E-state index contributed by atoms with van der Waals surface area (Å²) in [4.78, 5) is 11.3. The van der Waals surface area contributed by atoms with E-state index in [1.54, 1.807) is 18.2 Å². The Morgan fingerprint density at radius 1 is 0.889 bits per heavy atom. The number of piperidine rings is 1. The molecule has 6 nitrogen and oxygen atoms in total. The van der Waals surface area contributed by atoms with E-state index in [2.05, 4.69) is 15.1 Å². The first-order chi connectivity index (χ1) is 17.6. The lowest BCUT2D eigenvalue weighted by atomic mass is 10.1. The summed E-state index contributed by atoms with van der Waals surface area (Å²) >= 11 is 0. The van der Waals surface area contributed by atoms with Gasteiger partial charge in [0.05, 0.1) is 16.9 Å². The molecule has 0 bridgehead atoms. The Kier molecular flexibility index (Phi) is 5.84. The van der Waals surface area contributed by atoms with Crippen LogP contribution in [0.25, 0.3) is 0 Å². The van der Waals surface area contributed by atoms with E-state index < -0.39 is 12.0 Å². The summed E-state index contributed by atoms with van der Waals surface area (Å²) in [6, 6.07) is 11.6. The van der Waals surface area contributed by atoms with E-state index in [9.17, 15) is 9.65 Å². The average molecular weight is 487 g/mol. The number of nitrogens with zero attached hydrogens (tertiary/aromatic N) is 5. The van der Waals surface area contributed by atoms with E-state index in [4.69, 9.17) is 4.99 Å². The molecule has 6 rings (SSSR count). The average Bonchev–Trinajstić information content (AvgIpc) is 3.58. The van der Waals surface area contributed by atoms with Gasteiger partial charge in [0.25, 0.3) is 0 Å². The number of nitrogens with one attached hydrogen (secondary N) is 1. The Labute approximate surface area is 209 Å². The van der Waals surface area contributed by atoms with Crippen molar-refractivity contribution in [3.8, 4) is 6.07 Å². The number of amidine groups is 1. The van der Waals surface area contributed by atoms with Crippen molar-refractivity contribution in [2.45, 2.75) is 38.3 Å². The van der Waals surface area contributed by atoms with Crippen LogP contribution in [0, 0.1) is 23.0 Å². The second-order valence-electron chi connectivity index (χ2n) is 9.66. The molecule has 1 atom stereocenters. The number of benzene rings is 2. The molecule has 0 amide bonds. The van der Waals surface area contributed by atoms with E-state index >= 15 is 4.39 Å². The summed E-state index contributed by atoms with van der Waals surface area (Å²) < 4.78 is 30.4.